The molecule has 0 amide bonds. The fraction of sp³-hybridized carbons (Fsp3) is 0.242. The molecule has 17 heteroatoms. The molecule has 254 valence electrons. The number of anilines is 6. The normalized spacial score (nSPS) is 14.6. The van der Waals surface area contributed by atoms with Gasteiger partial charge in [-0.1, -0.05) is 29.8 Å². The summed E-state index contributed by atoms with van der Waals surface area (Å²) in [7, 11) is 0. The van der Waals surface area contributed by atoms with Crippen LogP contribution in [-0.4, -0.2) is 97.5 Å². The molecule has 5 N–H and O–H groups in total. The van der Waals surface area contributed by atoms with Gasteiger partial charge in [-0.15, -0.1) is 0 Å². The first-order valence-corrected chi connectivity index (χ1v) is 16.2. The number of aromatic nitrogens is 9. The summed E-state index contributed by atoms with van der Waals surface area (Å²) in [5.74, 6) is 2.33. The van der Waals surface area contributed by atoms with Crippen molar-refractivity contribution >= 4 is 57.8 Å². The highest BCUT2D eigenvalue weighted by Gasteiger charge is 2.18. The molecule has 0 aliphatic carbocycles. The summed E-state index contributed by atoms with van der Waals surface area (Å²) in [6, 6.07) is 13.6. The van der Waals surface area contributed by atoms with E-state index in [1.54, 1.807) is 37.1 Å². The maximum absolute atomic E-state index is 6.08. The summed E-state index contributed by atoms with van der Waals surface area (Å²) < 4.78 is 10.8. The number of rotatable bonds is 6. The summed E-state index contributed by atoms with van der Waals surface area (Å²) in [6.07, 6.45) is 8.35. The van der Waals surface area contributed by atoms with E-state index in [0.717, 1.165) is 53.9 Å². The van der Waals surface area contributed by atoms with Crippen LogP contribution in [0.2, 0.25) is 5.15 Å². The largest absolute Gasteiger partial charge is 0.378 e. The lowest BCUT2D eigenvalue weighted by Crippen LogP contribution is -2.37. The first-order chi connectivity index (χ1) is 24.5. The zero-order valence-electron chi connectivity index (χ0n) is 26.9. The summed E-state index contributed by atoms with van der Waals surface area (Å²) in [6.45, 7) is 5.59. The molecule has 8 rings (SSSR count). The number of hydrogen-bond donors (Lipinski definition) is 3. The Labute approximate surface area is 292 Å². The average Bonchev–Trinajstić information content (AvgIpc) is 3.16. The number of nitrogens with one attached hydrogen (secondary N) is 1. The molecule has 16 nitrogen and oxygen atoms in total. The predicted octanol–water partition coefficient (Wildman–Crippen LogP) is 3.65. The summed E-state index contributed by atoms with van der Waals surface area (Å²) >= 11 is 6.08. The second-order valence-corrected chi connectivity index (χ2v) is 11.6. The first kappa shape index (κ1) is 32.7. The highest BCUT2D eigenvalue weighted by Crippen LogP contribution is 2.26. The van der Waals surface area contributed by atoms with Crippen molar-refractivity contribution in [2.24, 2.45) is 0 Å². The van der Waals surface area contributed by atoms with Crippen LogP contribution < -0.4 is 26.6 Å². The van der Waals surface area contributed by atoms with Crippen molar-refractivity contribution in [2.75, 3.05) is 79.2 Å². The van der Waals surface area contributed by atoms with Crippen molar-refractivity contribution < 1.29 is 9.47 Å². The van der Waals surface area contributed by atoms with Gasteiger partial charge in [-0.05, 0) is 12.1 Å². The molecular weight excluding hydrogens is 660 g/mol. The quantitative estimate of drug-likeness (QED) is 0.213. The highest BCUT2D eigenvalue weighted by molar-refractivity contribution is 6.29. The van der Waals surface area contributed by atoms with E-state index >= 15 is 0 Å². The number of hydrogen-bond acceptors (Lipinski definition) is 16. The molecular formula is C33H33ClN14O2. The molecule has 5 aromatic heterocycles. The lowest BCUT2D eigenvalue weighted by molar-refractivity contribution is 0.122. The predicted molar refractivity (Wildman–Crippen MR) is 191 cm³/mol. The van der Waals surface area contributed by atoms with E-state index in [2.05, 4.69) is 45.1 Å². The van der Waals surface area contributed by atoms with E-state index in [-0.39, 0.29) is 11.9 Å². The van der Waals surface area contributed by atoms with Gasteiger partial charge in [0.05, 0.1) is 55.2 Å². The Bertz CT molecular complexity index is 2060. The van der Waals surface area contributed by atoms with E-state index in [0.29, 0.717) is 60.7 Å². The maximum atomic E-state index is 6.08. The zero-order valence-corrected chi connectivity index (χ0v) is 27.6. The summed E-state index contributed by atoms with van der Waals surface area (Å²) in [5, 5.41) is 4.80. The average molecular weight is 693 g/mol. The Hall–Kier alpha value is -5.84. The molecule has 6 aromatic rings. The van der Waals surface area contributed by atoms with Gasteiger partial charge in [0, 0.05) is 79.6 Å². The van der Waals surface area contributed by atoms with Crippen molar-refractivity contribution in [1.82, 2.24) is 44.9 Å². The Kier molecular flexibility index (Phi) is 9.91. The third-order valence-corrected chi connectivity index (χ3v) is 7.98. The summed E-state index contributed by atoms with van der Waals surface area (Å²) in [4.78, 5) is 43.0. The third kappa shape index (κ3) is 8.06. The number of morpholine rings is 2. The SMILES string of the molecule is Nc1ncc(-c2cc(Cl)nc(N3CCOCC3)n2)cn1.Nc1ncc(-c2cc(Nc3cnc4ccccc4c3)nc(N3CCOCC3)n2)cn1. The molecule has 7 heterocycles. The van der Waals surface area contributed by atoms with E-state index in [9.17, 15) is 0 Å². The van der Waals surface area contributed by atoms with Crippen LogP contribution in [0, 0.1) is 0 Å². The van der Waals surface area contributed by atoms with Gasteiger partial charge in [0.15, 0.2) is 0 Å². The minimum Gasteiger partial charge on any atom is -0.378 e. The fourth-order valence-corrected chi connectivity index (χ4v) is 5.42. The van der Waals surface area contributed by atoms with Crippen LogP contribution in [0.25, 0.3) is 33.4 Å². The third-order valence-electron chi connectivity index (χ3n) is 7.78. The molecule has 0 bridgehead atoms. The van der Waals surface area contributed by atoms with Gasteiger partial charge in [-0.2, -0.15) is 4.98 Å². The summed E-state index contributed by atoms with van der Waals surface area (Å²) in [5.41, 5.74) is 15.8. The van der Waals surface area contributed by atoms with Crippen LogP contribution in [0.5, 0.6) is 0 Å². The Morgan fingerprint density at radius 1 is 0.620 bits per heavy atom. The molecule has 0 unspecified atom stereocenters. The van der Waals surface area contributed by atoms with Crippen LogP contribution in [0.3, 0.4) is 0 Å². The topological polar surface area (TPSA) is 205 Å². The smallest absolute Gasteiger partial charge is 0.228 e. The molecule has 2 aliphatic heterocycles. The van der Waals surface area contributed by atoms with Crippen LogP contribution in [0.1, 0.15) is 0 Å². The van der Waals surface area contributed by atoms with Crippen LogP contribution in [-0.2, 0) is 9.47 Å². The van der Waals surface area contributed by atoms with Gasteiger partial charge in [0.2, 0.25) is 23.8 Å². The van der Waals surface area contributed by atoms with Gasteiger partial charge in [-0.25, -0.2) is 34.9 Å². The molecule has 0 spiro atoms. The number of benzene rings is 1. The van der Waals surface area contributed by atoms with Gasteiger partial charge >= 0.3 is 0 Å². The van der Waals surface area contributed by atoms with Gasteiger partial charge in [0.1, 0.15) is 11.0 Å². The second kappa shape index (κ2) is 15.1. The molecule has 2 saturated heterocycles. The molecule has 0 radical (unpaired) electrons. The lowest BCUT2D eigenvalue weighted by atomic mass is 10.2. The number of nitrogen functional groups attached to an aromatic ring is 2. The second-order valence-electron chi connectivity index (χ2n) is 11.2. The molecule has 0 atom stereocenters. The molecule has 0 saturated carbocycles. The standard InChI is InChI=1S/C21H20N8O.C12H13ClN6O/c22-20-24-11-15(12-25-20)18-10-19(28-21(27-18)29-5-7-30-8-6-29)26-16-9-14-3-1-2-4-17(14)23-13-16;13-10-5-9(8-6-15-11(14)16-7-8)17-12(18-10)19-1-3-20-4-2-19/h1-4,9-13H,5-8H2,(H2,22,24,25)(H,26,27,28);5-7H,1-4H2,(H2,14,15,16). The number of nitrogens with two attached hydrogens (primary N) is 2. The van der Waals surface area contributed by atoms with Gasteiger partial charge < -0.3 is 36.1 Å². The van der Waals surface area contributed by atoms with E-state index in [4.69, 9.17) is 42.5 Å². The molecule has 2 fully saturated rings. The highest BCUT2D eigenvalue weighted by atomic mass is 35.5. The van der Waals surface area contributed by atoms with Crippen molar-refractivity contribution in [2.45, 2.75) is 0 Å². The lowest BCUT2D eigenvalue weighted by Gasteiger charge is -2.27. The minimum absolute atomic E-state index is 0.224. The number of fused-ring (bicyclic) bond motifs is 1. The van der Waals surface area contributed by atoms with Gasteiger partial charge in [0.25, 0.3) is 0 Å². The van der Waals surface area contributed by atoms with Crippen molar-refractivity contribution in [1.29, 1.82) is 0 Å². The maximum Gasteiger partial charge on any atom is 0.228 e. The van der Waals surface area contributed by atoms with E-state index < -0.39 is 0 Å². The Morgan fingerprint density at radius 3 is 1.76 bits per heavy atom. The zero-order chi connectivity index (χ0) is 34.3. The Morgan fingerprint density at radius 2 is 1.16 bits per heavy atom. The fourth-order valence-electron chi connectivity index (χ4n) is 5.24. The monoisotopic (exact) mass is 692 g/mol. The molecule has 1 aromatic carbocycles. The van der Waals surface area contributed by atoms with Crippen molar-refractivity contribution in [3.8, 4) is 22.5 Å². The van der Waals surface area contributed by atoms with Crippen LogP contribution in [0.4, 0.5) is 35.3 Å². The van der Waals surface area contributed by atoms with Crippen LogP contribution >= 0.6 is 11.6 Å². The van der Waals surface area contributed by atoms with Crippen molar-refractivity contribution in [3.05, 3.63) is 78.6 Å². The van der Waals surface area contributed by atoms with E-state index in [1.165, 1.54) is 0 Å². The number of nitrogens with zero attached hydrogens (tertiary/aromatic N) is 11. The van der Waals surface area contributed by atoms with Gasteiger partial charge in [-0.3, -0.25) is 4.98 Å². The first-order valence-electron chi connectivity index (χ1n) is 15.8. The number of halogens is 1. The van der Waals surface area contributed by atoms with E-state index in [1.807, 2.05) is 41.3 Å². The Balaban J connectivity index is 0.000000170. The molecule has 50 heavy (non-hydrogen) atoms. The van der Waals surface area contributed by atoms with Crippen molar-refractivity contribution in [3.63, 3.8) is 0 Å². The van der Waals surface area contributed by atoms with Crippen LogP contribution in [0.15, 0.2) is 73.4 Å². The molecule has 2 aliphatic rings. The number of pyridine rings is 1. The number of para-hydroxylation sites is 1. The minimum atomic E-state index is 0.224. The number of ether oxygens (including phenoxy) is 2.